The number of hydrogen-bond acceptors (Lipinski definition) is 4. The summed E-state index contributed by atoms with van der Waals surface area (Å²) in [6.45, 7) is 1.05. The Kier molecular flexibility index (Phi) is 7.31. The minimum Gasteiger partial charge on any atom is -0.340 e. The first kappa shape index (κ1) is 19.4. The lowest BCUT2D eigenvalue weighted by molar-refractivity contribution is -0.129. The van der Waals surface area contributed by atoms with E-state index in [-0.39, 0.29) is 30.1 Å². The predicted octanol–water partition coefficient (Wildman–Crippen LogP) is 1.74. The molecule has 8 heteroatoms. The maximum Gasteiger partial charge on any atom is 0.237 e. The van der Waals surface area contributed by atoms with Crippen molar-refractivity contribution in [3.05, 3.63) is 34.3 Å². The molecule has 1 aliphatic rings. The van der Waals surface area contributed by atoms with Gasteiger partial charge in [0.1, 0.15) is 5.75 Å². The highest BCUT2D eigenvalue weighted by Gasteiger charge is 2.25. The van der Waals surface area contributed by atoms with Gasteiger partial charge in [0, 0.05) is 23.6 Å². The van der Waals surface area contributed by atoms with Gasteiger partial charge in [0.05, 0.1) is 5.75 Å². The largest absolute Gasteiger partial charge is 0.340 e. The van der Waals surface area contributed by atoms with E-state index in [1.807, 2.05) is 6.07 Å². The summed E-state index contributed by atoms with van der Waals surface area (Å²) in [5.74, 6) is -0.926. The van der Waals surface area contributed by atoms with Crippen LogP contribution in [-0.2, 0) is 20.4 Å². The summed E-state index contributed by atoms with van der Waals surface area (Å²) in [5.41, 5.74) is 6.49. The van der Waals surface area contributed by atoms with Crippen LogP contribution in [0, 0.1) is 0 Å². The topological polar surface area (TPSA) is 80.5 Å². The van der Waals surface area contributed by atoms with Crippen LogP contribution in [0.25, 0.3) is 0 Å². The van der Waals surface area contributed by atoms with E-state index in [0.29, 0.717) is 18.7 Å². The number of carbonyl (C=O) groups is 1. The zero-order valence-corrected chi connectivity index (χ0v) is 15.3. The van der Waals surface area contributed by atoms with Crippen LogP contribution in [0.4, 0.5) is 0 Å². The Morgan fingerprint density at radius 2 is 2.14 bits per heavy atom. The van der Waals surface area contributed by atoms with E-state index in [0.717, 1.165) is 17.3 Å². The maximum atomic E-state index is 12.2. The Morgan fingerprint density at radius 3 is 2.77 bits per heavy atom. The fraction of sp³-hybridized carbons (Fsp3) is 0.500. The first-order chi connectivity index (χ1) is 9.85. The van der Waals surface area contributed by atoms with E-state index in [1.54, 1.807) is 23.1 Å². The molecular formula is C14H20BrClN2O3S. The fourth-order valence-corrected chi connectivity index (χ4v) is 4.24. The van der Waals surface area contributed by atoms with Crippen molar-refractivity contribution in [2.75, 3.05) is 18.8 Å². The van der Waals surface area contributed by atoms with Crippen LogP contribution in [0.2, 0.25) is 0 Å². The normalized spacial score (nSPS) is 18.6. The van der Waals surface area contributed by atoms with Gasteiger partial charge in [-0.05, 0) is 30.5 Å². The molecule has 1 aromatic carbocycles. The number of nitrogens with two attached hydrogens (primary N) is 1. The molecule has 22 heavy (non-hydrogen) atoms. The van der Waals surface area contributed by atoms with Gasteiger partial charge < -0.3 is 10.6 Å². The first-order valence-corrected chi connectivity index (χ1v) is 9.45. The van der Waals surface area contributed by atoms with Crippen LogP contribution in [0.15, 0.2) is 28.7 Å². The van der Waals surface area contributed by atoms with E-state index in [2.05, 4.69) is 15.9 Å². The van der Waals surface area contributed by atoms with Gasteiger partial charge in [-0.25, -0.2) is 8.42 Å². The SMILES string of the molecule is Cl.NC1CCCN(C(=O)CS(=O)(=O)Cc2cccc(Br)c2)C1. The fourth-order valence-electron chi connectivity index (χ4n) is 2.45. The van der Waals surface area contributed by atoms with Crippen LogP contribution in [0.5, 0.6) is 0 Å². The van der Waals surface area contributed by atoms with Gasteiger partial charge in [-0.3, -0.25) is 4.79 Å². The molecule has 2 rings (SSSR count). The minimum absolute atomic E-state index is 0. The second-order valence-electron chi connectivity index (χ2n) is 5.40. The lowest BCUT2D eigenvalue weighted by atomic mass is 10.1. The van der Waals surface area contributed by atoms with Gasteiger partial charge in [-0.1, -0.05) is 28.1 Å². The van der Waals surface area contributed by atoms with Crippen LogP contribution in [0.1, 0.15) is 18.4 Å². The number of sulfone groups is 1. The van der Waals surface area contributed by atoms with Crippen molar-refractivity contribution in [3.63, 3.8) is 0 Å². The third-order valence-electron chi connectivity index (χ3n) is 3.43. The molecule has 1 heterocycles. The highest BCUT2D eigenvalue weighted by atomic mass is 79.9. The number of piperidine rings is 1. The van der Waals surface area contributed by atoms with Crippen molar-refractivity contribution in [1.82, 2.24) is 4.90 Å². The molecular weight excluding hydrogens is 392 g/mol. The zero-order chi connectivity index (χ0) is 15.5. The van der Waals surface area contributed by atoms with Crippen LogP contribution in [0.3, 0.4) is 0 Å². The van der Waals surface area contributed by atoms with Crippen molar-refractivity contribution < 1.29 is 13.2 Å². The molecule has 0 bridgehead atoms. The molecule has 1 unspecified atom stereocenters. The number of carbonyl (C=O) groups excluding carboxylic acids is 1. The Balaban J connectivity index is 0.00000242. The lowest BCUT2D eigenvalue weighted by Crippen LogP contribution is -2.47. The number of benzene rings is 1. The molecule has 1 fully saturated rings. The van der Waals surface area contributed by atoms with E-state index in [4.69, 9.17) is 5.73 Å². The van der Waals surface area contributed by atoms with Gasteiger partial charge in [-0.2, -0.15) is 0 Å². The Morgan fingerprint density at radius 1 is 1.41 bits per heavy atom. The third-order valence-corrected chi connectivity index (χ3v) is 5.38. The summed E-state index contributed by atoms with van der Waals surface area (Å²) >= 11 is 3.31. The van der Waals surface area contributed by atoms with Gasteiger partial charge in [0.15, 0.2) is 9.84 Å². The molecule has 1 aliphatic heterocycles. The summed E-state index contributed by atoms with van der Waals surface area (Å²) in [4.78, 5) is 13.7. The van der Waals surface area contributed by atoms with Crippen molar-refractivity contribution >= 4 is 44.1 Å². The molecule has 0 radical (unpaired) electrons. The highest BCUT2D eigenvalue weighted by molar-refractivity contribution is 9.10. The van der Waals surface area contributed by atoms with Crippen LogP contribution < -0.4 is 5.73 Å². The second-order valence-corrected chi connectivity index (χ2v) is 8.38. The molecule has 0 aromatic heterocycles. The molecule has 1 amide bonds. The third kappa shape index (κ3) is 5.87. The number of rotatable bonds is 4. The Bertz CT molecular complexity index is 624. The summed E-state index contributed by atoms with van der Waals surface area (Å²) < 4.78 is 25.1. The monoisotopic (exact) mass is 410 g/mol. The molecule has 2 N–H and O–H groups in total. The molecule has 0 spiro atoms. The van der Waals surface area contributed by atoms with Gasteiger partial charge in [0.25, 0.3) is 0 Å². The van der Waals surface area contributed by atoms with E-state index < -0.39 is 15.6 Å². The smallest absolute Gasteiger partial charge is 0.237 e. The number of nitrogens with zero attached hydrogens (tertiary/aromatic N) is 1. The average Bonchev–Trinajstić information content (AvgIpc) is 2.37. The number of likely N-dealkylation sites (tertiary alicyclic amines) is 1. The van der Waals surface area contributed by atoms with Gasteiger partial charge in [-0.15, -0.1) is 12.4 Å². The molecule has 1 aromatic rings. The summed E-state index contributed by atoms with van der Waals surface area (Å²) in [7, 11) is -3.47. The van der Waals surface area contributed by atoms with Crippen molar-refractivity contribution in [1.29, 1.82) is 0 Å². The summed E-state index contributed by atoms with van der Waals surface area (Å²) in [6, 6.07) is 7.05. The summed E-state index contributed by atoms with van der Waals surface area (Å²) in [5, 5.41) is 0. The molecule has 0 saturated carbocycles. The number of halogens is 2. The van der Waals surface area contributed by atoms with E-state index in [1.165, 1.54) is 0 Å². The Hall–Kier alpha value is -0.630. The van der Waals surface area contributed by atoms with Crippen molar-refractivity contribution in [2.45, 2.75) is 24.6 Å². The molecule has 5 nitrogen and oxygen atoms in total. The number of hydrogen-bond donors (Lipinski definition) is 1. The van der Waals surface area contributed by atoms with E-state index >= 15 is 0 Å². The molecule has 124 valence electrons. The molecule has 0 aliphatic carbocycles. The second kappa shape index (κ2) is 8.29. The average molecular weight is 412 g/mol. The van der Waals surface area contributed by atoms with Gasteiger partial charge in [0.2, 0.25) is 5.91 Å². The molecule has 1 atom stereocenters. The Labute approximate surface area is 145 Å². The standard InChI is InChI=1S/C14H19BrN2O3S.ClH/c15-12-4-1-3-11(7-12)9-21(19,20)10-14(18)17-6-2-5-13(16)8-17;/h1,3-4,7,13H,2,5-6,8-10,16H2;1H. The maximum absolute atomic E-state index is 12.2. The van der Waals surface area contributed by atoms with Crippen LogP contribution in [-0.4, -0.2) is 44.1 Å². The zero-order valence-electron chi connectivity index (χ0n) is 12.1. The lowest BCUT2D eigenvalue weighted by Gasteiger charge is -2.30. The quantitative estimate of drug-likeness (QED) is 0.818. The molecule has 1 saturated heterocycles. The highest BCUT2D eigenvalue weighted by Crippen LogP contribution is 2.15. The van der Waals surface area contributed by atoms with Gasteiger partial charge >= 0.3 is 0 Å². The van der Waals surface area contributed by atoms with Crippen molar-refractivity contribution in [3.8, 4) is 0 Å². The van der Waals surface area contributed by atoms with Crippen molar-refractivity contribution in [2.24, 2.45) is 5.73 Å². The minimum atomic E-state index is -3.47. The predicted molar refractivity (Wildman–Crippen MR) is 92.7 cm³/mol. The van der Waals surface area contributed by atoms with E-state index in [9.17, 15) is 13.2 Å². The summed E-state index contributed by atoms with van der Waals surface area (Å²) in [6.07, 6.45) is 1.72. The first-order valence-electron chi connectivity index (χ1n) is 6.84. The van der Waals surface area contributed by atoms with Crippen LogP contribution >= 0.6 is 28.3 Å². The number of amides is 1.